The van der Waals surface area contributed by atoms with E-state index in [-0.39, 0.29) is 6.42 Å². The lowest BCUT2D eigenvalue weighted by Crippen LogP contribution is -2.41. The van der Waals surface area contributed by atoms with E-state index in [0.29, 0.717) is 6.61 Å². The molecule has 2 N–H and O–H groups in total. The average Bonchev–Trinajstić information content (AvgIpc) is 2.69. The van der Waals surface area contributed by atoms with Crippen LogP contribution in [0.1, 0.15) is 70.3 Å². The number of carbonyl (C=O) groups is 2. The summed E-state index contributed by atoms with van der Waals surface area (Å²) in [6.07, 6.45) is 12.8. The number of amides is 1. The van der Waals surface area contributed by atoms with E-state index >= 15 is 0 Å². The molecule has 0 saturated carbocycles. The first-order chi connectivity index (χ1) is 13.6. The van der Waals surface area contributed by atoms with Crippen molar-refractivity contribution in [2.24, 2.45) is 0 Å². The van der Waals surface area contributed by atoms with Crippen molar-refractivity contribution in [3.63, 3.8) is 0 Å². The molecule has 1 atom stereocenters. The molecule has 5 heteroatoms. The number of carbonyl (C=O) groups excluding carboxylic acids is 1. The topological polar surface area (TPSA) is 75.6 Å². The third-order valence-corrected chi connectivity index (χ3v) is 4.68. The van der Waals surface area contributed by atoms with E-state index in [1.54, 1.807) is 0 Å². The van der Waals surface area contributed by atoms with Gasteiger partial charge >= 0.3 is 5.97 Å². The Morgan fingerprint density at radius 1 is 1.04 bits per heavy atom. The molecular weight excluding hydrogens is 354 g/mol. The average molecular weight is 390 g/mol. The van der Waals surface area contributed by atoms with Crippen LogP contribution in [0.25, 0.3) is 0 Å². The SMILES string of the molecule is C=CC(=O)NC(Cc1ccc(OCCCCCCCCCCC)cc1)C(=O)O. The zero-order valence-electron chi connectivity index (χ0n) is 17.1. The normalized spacial score (nSPS) is 11.6. The van der Waals surface area contributed by atoms with Crippen molar-refractivity contribution in [3.8, 4) is 5.75 Å². The standard InChI is InChI=1S/C23H35NO4/c1-3-5-6-7-8-9-10-11-12-17-28-20-15-13-19(14-16-20)18-21(23(26)27)24-22(25)4-2/h4,13-16,21H,2-3,5-12,17-18H2,1H3,(H,24,25)(H,26,27). The van der Waals surface area contributed by atoms with Gasteiger partial charge in [0.1, 0.15) is 11.8 Å². The van der Waals surface area contributed by atoms with Crippen LogP contribution in [0.3, 0.4) is 0 Å². The highest BCUT2D eigenvalue weighted by molar-refractivity contribution is 5.90. The molecule has 1 unspecified atom stereocenters. The Labute approximate surface area is 169 Å². The molecule has 1 aromatic rings. The largest absolute Gasteiger partial charge is 0.494 e. The van der Waals surface area contributed by atoms with Gasteiger partial charge in [0.05, 0.1) is 6.61 Å². The molecule has 0 aliphatic carbocycles. The van der Waals surface area contributed by atoms with Crippen molar-refractivity contribution < 1.29 is 19.4 Å². The zero-order valence-corrected chi connectivity index (χ0v) is 17.1. The predicted octanol–water partition coefficient (Wildman–Crippen LogP) is 4.89. The second-order valence-corrected chi connectivity index (χ2v) is 7.13. The molecular formula is C23H35NO4. The number of benzene rings is 1. The van der Waals surface area contributed by atoms with Gasteiger partial charge in [0, 0.05) is 6.42 Å². The number of unbranched alkanes of at least 4 members (excludes halogenated alkanes) is 8. The Hall–Kier alpha value is -2.30. The predicted molar refractivity (Wildman–Crippen MR) is 113 cm³/mol. The first-order valence-electron chi connectivity index (χ1n) is 10.4. The van der Waals surface area contributed by atoms with Crippen LogP contribution in [0, 0.1) is 0 Å². The summed E-state index contributed by atoms with van der Waals surface area (Å²) in [4.78, 5) is 22.6. The van der Waals surface area contributed by atoms with Crippen molar-refractivity contribution >= 4 is 11.9 Å². The zero-order chi connectivity index (χ0) is 20.6. The first-order valence-corrected chi connectivity index (χ1v) is 10.4. The van der Waals surface area contributed by atoms with Gasteiger partial charge in [0.2, 0.25) is 5.91 Å². The number of rotatable bonds is 16. The lowest BCUT2D eigenvalue weighted by Gasteiger charge is -2.14. The summed E-state index contributed by atoms with van der Waals surface area (Å²) >= 11 is 0. The molecule has 0 bridgehead atoms. The fraction of sp³-hybridized carbons (Fsp3) is 0.565. The molecule has 156 valence electrons. The summed E-state index contributed by atoms with van der Waals surface area (Å²) in [7, 11) is 0. The van der Waals surface area contributed by atoms with E-state index in [0.717, 1.165) is 23.8 Å². The van der Waals surface area contributed by atoms with E-state index in [1.807, 2.05) is 24.3 Å². The van der Waals surface area contributed by atoms with Gasteiger partial charge in [0.25, 0.3) is 0 Å². The summed E-state index contributed by atoms with van der Waals surface area (Å²) < 4.78 is 5.76. The second kappa shape index (κ2) is 14.7. The van der Waals surface area contributed by atoms with E-state index < -0.39 is 17.9 Å². The highest BCUT2D eigenvalue weighted by Crippen LogP contribution is 2.15. The van der Waals surface area contributed by atoms with Gasteiger partial charge < -0.3 is 15.2 Å². The molecule has 0 aliphatic heterocycles. The van der Waals surface area contributed by atoms with Crippen molar-refractivity contribution in [2.75, 3.05) is 6.61 Å². The van der Waals surface area contributed by atoms with E-state index in [2.05, 4.69) is 18.8 Å². The smallest absolute Gasteiger partial charge is 0.326 e. The first kappa shape index (κ1) is 23.7. The van der Waals surface area contributed by atoms with E-state index in [9.17, 15) is 14.7 Å². The monoisotopic (exact) mass is 389 g/mol. The van der Waals surface area contributed by atoms with Crippen LogP contribution in [0.2, 0.25) is 0 Å². The Balaban J connectivity index is 2.23. The highest BCUT2D eigenvalue weighted by Gasteiger charge is 2.19. The maximum Gasteiger partial charge on any atom is 0.326 e. The van der Waals surface area contributed by atoms with E-state index in [1.165, 1.54) is 51.4 Å². The summed E-state index contributed by atoms with van der Waals surface area (Å²) in [5.41, 5.74) is 0.826. The van der Waals surface area contributed by atoms with Gasteiger partial charge in [-0.1, -0.05) is 77.0 Å². The van der Waals surface area contributed by atoms with Crippen molar-refractivity contribution in [1.29, 1.82) is 0 Å². The van der Waals surface area contributed by atoms with Crippen LogP contribution in [-0.2, 0) is 16.0 Å². The minimum absolute atomic E-state index is 0.216. The fourth-order valence-electron chi connectivity index (χ4n) is 2.99. The van der Waals surface area contributed by atoms with Gasteiger partial charge in [0.15, 0.2) is 0 Å². The molecule has 1 aromatic carbocycles. The second-order valence-electron chi connectivity index (χ2n) is 7.13. The van der Waals surface area contributed by atoms with Gasteiger partial charge in [-0.25, -0.2) is 4.79 Å². The lowest BCUT2D eigenvalue weighted by molar-refractivity contribution is -0.141. The van der Waals surface area contributed by atoms with Crippen LogP contribution in [0.15, 0.2) is 36.9 Å². The number of aliphatic carboxylic acids is 1. The summed E-state index contributed by atoms with van der Waals surface area (Å²) in [5.74, 6) is -0.778. The molecule has 0 heterocycles. The Bertz CT molecular complexity index is 583. The van der Waals surface area contributed by atoms with Gasteiger partial charge in [-0.05, 0) is 30.2 Å². The number of hydrogen-bond acceptors (Lipinski definition) is 3. The molecule has 0 radical (unpaired) electrons. The minimum Gasteiger partial charge on any atom is -0.494 e. The fourth-order valence-corrected chi connectivity index (χ4v) is 2.99. The third kappa shape index (κ3) is 10.8. The summed E-state index contributed by atoms with van der Waals surface area (Å²) in [5, 5.41) is 11.6. The van der Waals surface area contributed by atoms with Crippen LogP contribution in [-0.4, -0.2) is 29.6 Å². The maximum atomic E-state index is 11.3. The molecule has 1 amide bonds. The molecule has 28 heavy (non-hydrogen) atoms. The van der Waals surface area contributed by atoms with Crippen LogP contribution in [0.4, 0.5) is 0 Å². The highest BCUT2D eigenvalue weighted by atomic mass is 16.5. The lowest BCUT2D eigenvalue weighted by atomic mass is 10.1. The number of nitrogens with one attached hydrogen (secondary N) is 1. The minimum atomic E-state index is -1.07. The molecule has 0 fully saturated rings. The number of hydrogen-bond donors (Lipinski definition) is 2. The van der Waals surface area contributed by atoms with Crippen LogP contribution in [0.5, 0.6) is 5.75 Å². The van der Waals surface area contributed by atoms with Crippen molar-refractivity contribution in [3.05, 3.63) is 42.5 Å². The van der Waals surface area contributed by atoms with Gasteiger partial charge in [-0.2, -0.15) is 0 Å². The number of ether oxygens (including phenoxy) is 1. The maximum absolute atomic E-state index is 11.3. The van der Waals surface area contributed by atoms with Crippen LogP contribution >= 0.6 is 0 Å². The molecule has 0 aliphatic rings. The Morgan fingerprint density at radius 3 is 2.14 bits per heavy atom. The summed E-state index contributed by atoms with van der Waals surface area (Å²) in [6, 6.07) is 6.39. The van der Waals surface area contributed by atoms with Gasteiger partial charge in [-0.15, -0.1) is 0 Å². The Morgan fingerprint density at radius 2 is 1.61 bits per heavy atom. The number of carboxylic acid groups (broad SMARTS) is 1. The summed E-state index contributed by atoms with van der Waals surface area (Å²) in [6.45, 7) is 6.27. The van der Waals surface area contributed by atoms with Gasteiger partial charge in [-0.3, -0.25) is 4.79 Å². The number of carboxylic acids is 1. The van der Waals surface area contributed by atoms with Crippen molar-refractivity contribution in [2.45, 2.75) is 77.2 Å². The quantitative estimate of drug-likeness (QED) is 0.312. The molecule has 1 rings (SSSR count). The molecule has 0 spiro atoms. The van der Waals surface area contributed by atoms with Crippen LogP contribution < -0.4 is 10.1 Å². The molecule has 0 saturated heterocycles. The third-order valence-electron chi connectivity index (χ3n) is 4.68. The Kier molecular flexibility index (Phi) is 12.5. The van der Waals surface area contributed by atoms with E-state index in [4.69, 9.17) is 4.74 Å². The molecule has 5 nitrogen and oxygen atoms in total. The van der Waals surface area contributed by atoms with Crippen molar-refractivity contribution in [1.82, 2.24) is 5.32 Å². The molecule has 0 aromatic heterocycles.